The number of benzene rings is 1. The zero-order chi connectivity index (χ0) is 7.94. The van der Waals surface area contributed by atoms with Gasteiger partial charge in [0.2, 0.25) is 0 Å². The largest absolute Gasteiger partial charge is 0.303 e. The summed E-state index contributed by atoms with van der Waals surface area (Å²) in [5, 5.41) is 1.34. The smallest absolute Gasteiger partial charge is 0.120 e. The predicted octanol–water partition coefficient (Wildman–Crippen LogP) is 1.58. The Morgan fingerprint density at radius 3 is 2.64 bits per heavy atom. The van der Waals surface area contributed by atoms with Crippen LogP contribution in [-0.2, 0) is 4.79 Å². The first-order valence-electron chi connectivity index (χ1n) is 3.66. The monoisotopic (exact) mass is 166 g/mol. The molecule has 58 valence electrons. The van der Waals surface area contributed by atoms with Gasteiger partial charge in [-0.2, -0.15) is 0 Å². The molecule has 2 heteroatoms. The Morgan fingerprint density at radius 1 is 1.27 bits per heavy atom. The normalized spacial score (nSPS) is 10.5. The van der Waals surface area contributed by atoms with Crippen molar-refractivity contribution in [3.05, 3.63) is 30.3 Å². The minimum absolute atomic E-state index is 0.688. The van der Waals surface area contributed by atoms with E-state index in [0.717, 1.165) is 21.0 Å². The maximum Gasteiger partial charge on any atom is 0.120 e. The molecule has 0 bridgehead atoms. The van der Waals surface area contributed by atoms with Crippen LogP contribution in [0.5, 0.6) is 0 Å². The Bertz CT molecular complexity index is 208. The van der Waals surface area contributed by atoms with E-state index in [4.69, 9.17) is 0 Å². The molecule has 0 radical (unpaired) electrons. The summed E-state index contributed by atoms with van der Waals surface area (Å²) in [5.41, 5.74) is 0. The van der Waals surface area contributed by atoms with Crippen molar-refractivity contribution in [1.29, 1.82) is 0 Å². The highest BCUT2D eigenvalue weighted by Gasteiger charge is 1.89. The van der Waals surface area contributed by atoms with Crippen LogP contribution in [0.2, 0.25) is 0 Å². The van der Waals surface area contributed by atoms with Crippen molar-refractivity contribution in [1.82, 2.24) is 0 Å². The molecule has 0 aliphatic rings. The third-order valence-electron chi connectivity index (χ3n) is 1.37. The van der Waals surface area contributed by atoms with Crippen LogP contribution in [0.25, 0.3) is 0 Å². The van der Waals surface area contributed by atoms with Gasteiger partial charge in [-0.05, 0) is 11.5 Å². The van der Waals surface area contributed by atoms with E-state index >= 15 is 0 Å². The highest BCUT2D eigenvalue weighted by atomic mass is 31.1. The Hall–Kier alpha value is -0.680. The second-order valence-electron chi connectivity index (χ2n) is 2.25. The van der Waals surface area contributed by atoms with E-state index in [-0.39, 0.29) is 0 Å². The van der Waals surface area contributed by atoms with E-state index < -0.39 is 0 Å². The molecular weight excluding hydrogens is 155 g/mol. The fraction of sp³-hybridized carbons (Fsp3) is 0.222. The molecule has 1 unspecified atom stereocenters. The van der Waals surface area contributed by atoms with Gasteiger partial charge in [-0.15, -0.1) is 0 Å². The second kappa shape index (κ2) is 5.03. The minimum atomic E-state index is 0.688. The molecule has 1 atom stereocenters. The Morgan fingerprint density at radius 2 is 2.00 bits per heavy atom. The lowest BCUT2D eigenvalue weighted by atomic mass is 10.4. The van der Waals surface area contributed by atoms with E-state index in [9.17, 15) is 4.79 Å². The summed E-state index contributed by atoms with van der Waals surface area (Å²) >= 11 is 0. The van der Waals surface area contributed by atoms with Crippen molar-refractivity contribution in [2.45, 2.75) is 6.42 Å². The quantitative estimate of drug-likeness (QED) is 0.377. The molecule has 1 nitrogen and oxygen atoms in total. The van der Waals surface area contributed by atoms with Crippen molar-refractivity contribution >= 4 is 20.2 Å². The van der Waals surface area contributed by atoms with E-state index in [2.05, 4.69) is 12.1 Å². The molecule has 1 aromatic carbocycles. The fourth-order valence-electron chi connectivity index (χ4n) is 0.831. The van der Waals surface area contributed by atoms with E-state index in [1.165, 1.54) is 5.30 Å². The Balaban J connectivity index is 2.33. The lowest BCUT2D eigenvalue weighted by Gasteiger charge is -1.96. The molecule has 0 fully saturated rings. The van der Waals surface area contributed by atoms with Gasteiger partial charge in [0.05, 0.1) is 0 Å². The zero-order valence-corrected chi connectivity index (χ0v) is 7.29. The van der Waals surface area contributed by atoms with Gasteiger partial charge in [-0.1, -0.05) is 38.9 Å². The van der Waals surface area contributed by atoms with E-state index in [1.54, 1.807) is 0 Å². The first-order valence-corrected chi connectivity index (χ1v) is 4.87. The Labute approximate surface area is 68.6 Å². The summed E-state index contributed by atoms with van der Waals surface area (Å²) in [5.74, 6) is 0. The number of hydrogen-bond acceptors (Lipinski definition) is 1. The summed E-state index contributed by atoms with van der Waals surface area (Å²) < 4.78 is 0. The van der Waals surface area contributed by atoms with Gasteiger partial charge < -0.3 is 4.79 Å². The molecule has 1 aromatic rings. The van der Waals surface area contributed by atoms with Crippen LogP contribution in [0, 0.1) is 0 Å². The number of carbonyl (C=O) groups excluding carboxylic acids is 1. The van der Waals surface area contributed by atoms with Crippen LogP contribution in [0.4, 0.5) is 0 Å². The standard InChI is InChI=1S/C9H11OP/c10-7-4-8-11-9-5-2-1-3-6-9/h1-3,5-7,11H,4,8H2. The summed E-state index contributed by atoms with van der Waals surface area (Å²) in [7, 11) is 0.780. The first kappa shape index (κ1) is 8.42. The van der Waals surface area contributed by atoms with Crippen molar-refractivity contribution in [2.24, 2.45) is 0 Å². The van der Waals surface area contributed by atoms with Crippen LogP contribution in [-0.4, -0.2) is 12.4 Å². The van der Waals surface area contributed by atoms with Crippen molar-refractivity contribution in [3.63, 3.8) is 0 Å². The van der Waals surface area contributed by atoms with Gasteiger partial charge in [-0.25, -0.2) is 0 Å². The second-order valence-corrected chi connectivity index (χ2v) is 3.68. The van der Waals surface area contributed by atoms with Crippen LogP contribution < -0.4 is 5.30 Å². The number of carbonyl (C=O) groups is 1. The molecule has 0 N–H and O–H groups in total. The number of hydrogen-bond donors (Lipinski definition) is 0. The lowest BCUT2D eigenvalue weighted by Crippen LogP contribution is -1.93. The summed E-state index contributed by atoms with van der Waals surface area (Å²) in [6.45, 7) is 0. The van der Waals surface area contributed by atoms with Gasteiger partial charge in [-0.3, -0.25) is 0 Å². The molecule has 0 aliphatic heterocycles. The van der Waals surface area contributed by atoms with Crippen LogP contribution in [0.1, 0.15) is 6.42 Å². The van der Waals surface area contributed by atoms with Crippen molar-refractivity contribution in [3.8, 4) is 0 Å². The van der Waals surface area contributed by atoms with Gasteiger partial charge in [0.15, 0.2) is 0 Å². The fourth-order valence-corrected chi connectivity index (χ4v) is 1.81. The van der Waals surface area contributed by atoms with E-state index in [0.29, 0.717) is 6.42 Å². The summed E-state index contributed by atoms with van der Waals surface area (Å²) in [6.07, 6.45) is 2.66. The highest BCUT2D eigenvalue weighted by molar-refractivity contribution is 7.47. The first-order chi connectivity index (χ1) is 5.43. The Kier molecular flexibility index (Phi) is 3.85. The van der Waals surface area contributed by atoms with Gasteiger partial charge >= 0.3 is 0 Å². The molecule has 0 aliphatic carbocycles. The maximum atomic E-state index is 10.00. The third kappa shape index (κ3) is 3.29. The topological polar surface area (TPSA) is 17.1 Å². The molecule has 0 spiro atoms. The summed E-state index contributed by atoms with van der Waals surface area (Å²) in [6, 6.07) is 10.3. The van der Waals surface area contributed by atoms with Crippen molar-refractivity contribution < 1.29 is 4.79 Å². The summed E-state index contributed by atoms with van der Waals surface area (Å²) in [4.78, 5) is 10.00. The van der Waals surface area contributed by atoms with Gasteiger partial charge in [0.25, 0.3) is 0 Å². The third-order valence-corrected chi connectivity index (χ3v) is 2.65. The zero-order valence-electron chi connectivity index (χ0n) is 6.29. The average molecular weight is 166 g/mol. The molecule has 0 aromatic heterocycles. The van der Waals surface area contributed by atoms with Gasteiger partial charge in [0, 0.05) is 6.42 Å². The van der Waals surface area contributed by atoms with Crippen molar-refractivity contribution in [2.75, 3.05) is 6.16 Å². The molecule has 0 heterocycles. The number of rotatable bonds is 4. The van der Waals surface area contributed by atoms with Gasteiger partial charge in [0.1, 0.15) is 6.29 Å². The molecule has 0 saturated carbocycles. The van der Waals surface area contributed by atoms with E-state index in [1.807, 2.05) is 18.2 Å². The van der Waals surface area contributed by atoms with Crippen LogP contribution in [0.3, 0.4) is 0 Å². The lowest BCUT2D eigenvalue weighted by molar-refractivity contribution is -0.107. The molecule has 11 heavy (non-hydrogen) atoms. The van der Waals surface area contributed by atoms with Crippen LogP contribution >= 0.6 is 8.58 Å². The van der Waals surface area contributed by atoms with Crippen LogP contribution in [0.15, 0.2) is 30.3 Å². The molecule has 0 amide bonds. The molecular formula is C9H11OP. The SMILES string of the molecule is O=CCCPc1ccccc1. The predicted molar refractivity (Wildman–Crippen MR) is 49.9 cm³/mol. The molecule has 1 rings (SSSR count). The highest BCUT2D eigenvalue weighted by Crippen LogP contribution is 2.09. The molecule has 0 saturated heterocycles. The maximum absolute atomic E-state index is 10.00. The minimum Gasteiger partial charge on any atom is -0.303 e. The average Bonchev–Trinajstić information content (AvgIpc) is 2.07. The number of aldehydes is 1.